The number of hydrogen-bond acceptors (Lipinski definition) is 1. The smallest absolute Gasteiger partial charge is 0.0991 e. The fraction of sp³-hybridized carbons (Fsp3) is 0.640. The molecule has 0 aliphatic heterocycles. The minimum absolute atomic E-state index is 0.761. The highest BCUT2D eigenvalue weighted by molar-refractivity contribution is 5.31. The highest BCUT2D eigenvalue weighted by Gasteiger charge is 2.21. The van der Waals surface area contributed by atoms with Crippen molar-refractivity contribution in [3.63, 3.8) is 0 Å². The van der Waals surface area contributed by atoms with Gasteiger partial charge in [0.1, 0.15) is 0 Å². The largest absolute Gasteiger partial charge is 0.192 e. The van der Waals surface area contributed by atoms with Crippen molar-refractivity contribution in [2.75, 3.05) is 0 Å². The molecule has 1 fully saturated rings. The van der Waals surface area contributed by atoms with Gasteiger partial charge in [0.25, 0.3) is 0 Å². The molecule has 3 rings (SSSR count). The highest BCUT2D eigenvalue weighted by atomic mass is 14.3. The van der Waals surface area contributed by atoms with Gasteiger partial charge in [-0.25, -0.2) is 0 Å². The number of rotatable bonds is 7. The summed E-state index contributed by atoms with van der Waals surface area (Å²) < 4.78 is 0. The molecule has 0 N–H and O–H groups in total. The molecule has 1 aromatic rings. The molecule has 0 aromatic heterocycles. The van der Waals surface area contributed by atoms with E-state index in [1.54, 1.807) is 5.57 Å². The average molecular weight is 350 g/mol. The van der Waals surface area contributed by atoms with Crippen molar-refractivity contribution >= 4 is 0 Å². The van der Waals surface area contributed by atoms with Crippen molar-refractivity contribution in [2.45, 2.75) is 84.0 Å². The van der Waals surface area contributed by atoms with E-state index < -0.39 is 0 Å². The SMILES string of the molecule is CCC1CCC(CCC2CC=C(CCc3ccc(C#N)cc3)CC2)CC1. The van der Waals surface area contributed by atoms with Crippen LogP contribution in [0.2, 0.25) is 0 Å². The van der Waals surface area contributed by atoms with Gasteiger partial charge in [0.05, 0.1) is 11.6 Å². The molecule has 0 radical (unpaired) electrons. The average Bonchev–Trinajstić information content (AvgIpc) is 2.72. The molecular formula is C25H35N. The summed E-state index contributed by atoms with van der Waals surface area (Å²) in [6.07, 6.45) is 19.2. The van der Waals surface area contributed by atoms with Crippen LogP contribution in [0.5, 0.6) is 0 Å². The molecule has 2 aliphatic carbocycles. The van der Waals surface area contributed by atoms with Gasteiger partial charge in [0, 0.05) is 0 Å². The summed E-state index contributed by atoms with van der Waals surface area (Å²) in [5.74, 6) is 3.00. The molecule has 1 saturated carbocycles. The number of aryl methyl sites for hydroxylation is 1. The third kappa shape index (κ3) is 5.73. The van der Waals surface area contributed by atoms with Crippen LogP contribution < -0.4 is 0 Å². The first kappa shape index (κ1) is 19.2. The molecule has 1 nitrogen and oxygen atoms in total. The number of benzene rings is 1. The normalized spacial score (nSPS) is 26.2. The molecule has 26 heavy (non-hydrogen) atoms. The second-order valence-corrected chi connectivity index (χ2v) is 8.68. The zero-order valence-corrected chi connectivity index (χ0v) is 16.6. The van der Waals surface area contributed by atoms with Gasteiger partial charge in [-0.05, 0) is 74.0 Å². The Morgan fingerprint density at radius 2 is 1.58 bits per heavy atom. The minimum Gasteiger partial charge on any atom is -0.192 e. The van der Waals surface area contributed by atoms with Gasteiger partial charge in [-0.1, -0.05) is 69.2 Å². The lowest BCUT2D eigenvalue weighted by molar-refractivity contribution is 0.241. The minimum atomic E-state index is 0.761. The number of nitrogens with zero attached hydrogens (tertiary/aromatic N) is 1. The predicted molar refractivity (Wildman–Crippen MR) is 110 cm³/mol. The van der Waals surface area contributed by atoms with Crippen LogP contribution in [0.25, 0.3) is 0 Å². The maximum Gasteiger partial charge on any atom is 0.0991 e. The Morgan fingerprint density at radius 1 is 0.885 bits per heavy atom. The number of hydrogen-bond donors (Lipinski definition) is 0. The van der Waals surface area contributed by atoms with E-state index in [0.29, 0.717) is 0 Å². The predicted octanol–water partition coefficient (Wildman–Crippen LogP) is 7.21. The summed E-state index contributed by atoms with van der Waals surface area (Å²) in [5.41, 5.74) is 3.78. The van der Waals surface area contributed by atoms with Crippen molar-refractivity contribution in [2.24, 2.45) is 17.8 Å². The molecular weight excluding hydrogens is 314 g/mol. The number of allylic oxidation sites excluding steroid dienone is 2. The molecule has 0 spiro atoms. The van der Waals surface area contributed by atoms with E-state index in [1.807, 2.05) is 12.1 Å². The summed E-state index contributed by atoms with van der Waals surface area (Å²) in [6, 6.07) is 10.3. The van der Waals surface area contributed by atoms with Crippen molar-refractivity contribution < 1.29 is 0 Å². The van der Waals surface area contributed by atoms with Crippen LogP contribution in [0.4, 0.5) is 0 Å². The topological polar surface area (TPSA) is 23.8 Å². The lowest BCUT2D eigenvalue weighted by Crippen LogP contribution is -2.15. The highest BCUT2D eigenvalue weighted by Crippen LogP contribution is 2.36. The van der Waals surface area contributed by atoms with Crippen LogP contribution in [0.1, 0.15) is 88.7 Å². The Balaban J connectivity index is 1.35. The molecule has 2 aliphatic rings. The summed E-state index contributed by atoms with van der Waals surface area (Å²) in [5, 5.41) is 8.88. The van der Waals surface area contributed by atoms with E-state index in [2.05, 4.69) is 31.2 Å². The molecule has 1 unspecified atom stereocenters. The monoisotopic (exact) mass is 349 g/mol. The van der Waals surface area contributed by atoms with Gasteiger partial charge >= 0.3 is 0 Å². The zero-order chi connectivity index (χ0) is 18.2. The second-order valence-electron chi connectivity index (χ2n) is 8.68. The van der Waals surface area contributed by atoms with E-state index >= 15 is 0 Å². The molecule has 1 heteroatoms. The summed E-state index contributed by atoms with van der Waals surface area (Å²) in [6.45, 7) is 2.36. The molecule has 0 bridgehead atoms. The Labute approximate surface area is 160 Å². The molecule has 0 heterocycles. The molecule has 0 saturated heterocycles. The van der Waals surface area contributed by atoms with Crippen LogP contribution in [0, 0.1) is 29.1 Å². The van der Waals surface area contributed by atoms with E-state index in [-0.39, 0.29) is 0 Å². The summed E-state index contributed by atoms with van der Waals surface area (Å²) in [4.78, 5) is 0. The van der Waals surface area contributed by atoms with Gasteiger partial charge in [-0.3, -0.25) is 0 Å². The molecule has 1 atom stereocenters. The summed E-state index contributed by atoms with van der Waals surface area (Å²) >= 11 is 0. The van der Waals surface area contributed by atoms with E-state index in [1.165, 1.54) is 76.2 Å². The van der Waals surface area contributed by atoms with Gasteiger partial charge < -0.3 is 0 Å². The maximum atomic E-state index is 8.88. The van der Waals surface area contributed by atoms with Gasteiger partial charge in [0.15, 0.2) is 0 Å². The first-order valence-electron chi connectivity index (χ1n) is 10.9. The Hall–Kier alpha value is -1.55. The van der Waals surface area contributed by atoms with Crippen LogP contribution >= 0.6 is 0 Å². The van der Waals surface area contributed by atoms with Crippen molar-refractivity contribution in [3.05, 3.63) is 47.0 Å². The maximum absolute atomic E-state index is 8.88. The van der Waals surface area contributed by atoms with Crippen molar-refractivity contribution in [1.29, 1.82) is 5.26 Å². The molecule has 1 aromatic carbocycles. The Kier molecular flexibility index (Phi) is 7.36. The standard InChI is InChI=1S/C25H35N/c1-2-20-3-5-21(6-4-20)7-8-22-9-11-23(12-10-22)13-14-24-15-17-25(19-26)18-16-24/h11,15-18,20-22H,2-10,12-14H2,1H3. The van der Waals surface area contributed by atoms with E-state index in [0.717, 1.165) is 29.7 Å². The first-order valence-corrected chi connectivity index (χ1v) is 10.9. The second kappa shape index (κ2) is 9.96. The Morgan fingerprint density at radius 3 is 2.19 bits per heavy atom. The molecule has 140 valence electrons. The third-order valence-corrected chi connectivity index (χ3v) is 6.96. The lowest BCUT2D eigenvalue weighted by atomic mass is 9.76. The number of nitriles is 1. The van der Waals surface area contributed by atoms with Crippen LogP contribution in [0.15, 0.2) is 35.9 Å². The van der Waals surface area contributed by atoms with E-state index in [9.17, 15) is 0 Å². The Bertz CT molecular complexity index is 611. The fourth-order valence-corrected chi connectivity index (χ4v) is 4.88. The summed E-state index contributed by atoms with van der Waals surface area (Å²) in [7, 11) is 0. The van der Waals surface area contributed by atoms with Gasteiger partial charge in [-0.2, -0.15) is 5.26 Å². The van der Waals surface area contributed by atoms with Crippen molar-refractivity contribution in [1.82, 2.24) is 0 Å². The zero-order valence-electron chi connectivity index (χ0n) is 16.6. The van der Waals surface area contributed by atoms with Gasteiger partial charge in [-0.15, -0.1) is 0 Å². The van der Waals surface area contributed by atoms with Gasteiger partial charge in [0.2, 0.25) is 0 Å². The van der Waals surface area contributed by atoms with Crippen LogP contribution in [-0.2, 0) is 6.42 Å². The third-order valence-electron chi connectivity index (χ3n) is 6.96. The lowest BCUT2D eigenvalue weighted by Gasteiger charge is -2.29. The van der Waals surface area contributed by atoms with E-state index in [4.69, 9.17) is 5.26 Å². The first-order chi connectivity index (χ1) is 12.8. The van der Waals surface area contributed by atoms with Crippen LogP contribution in [-0.4, -0.2) is 0 Å². The fourth-order valence-electron chi connectivity index (χ4n) is 4.88. The molecule has 0 amide bonds. The quantitative estimate of drug-likeness (QED) is 0.477. The van der Waals surface area contributed by atoms with Crippen molar-refractivity contribution in [3.8, 4) is 6.07 Å². The van der Waals surface area contributed by atoms with Crippen LogP contribution in [0.3, 0.4) is 0 Å².